The number of benzene rings is 2. The van der Waals surface area contributed by atoms with Crippen molar-refractivity contribution in [1.29, 1.82) is 0 Å². The van der Waals surface area contributed by atoms with Gasteiger partial charge in [0.15, 0.2) is 0 Å². The van der Waals surface area contributed by atoms with Gasteiger partial charge in [-0.3, -0.25) is 4.89 Å². The summed E-state index contributed by atoms with van der Waals surface area (Å²) in [6, 6.07) is 15.6. The van der Waals surface area contributed by atoms with Crippen LogP contribution in [0.1, 0.15) is 10.4 Å². The summed E-state index contributed by atoms with van der Waals surface area (Å²) in [6.07, 6.45) is 0. The van der Waals surface area contributed by atoms with Gasteiger partial charge in [-0.15, -0.1) is 0 Å². The molecular weight excluding hydrogens is 220 g/mol. The SMILES string of the molecule is O=C(OO)c1ccccc1Oc1ccccc1. The van der Waals surface area contributed by atoms with Crippen LogP contribution in [-0.2, 0) is 4.89 Å². The van der Waals surface area contributed by atoms with Crippen molar-refractivity contribution < 1.29 is 19.7 Å². The summed E-state index contributed by atoms with van der Waals surface area (Å²) in [5.74, 6) is 0.0833. The molecule has 0 aromatic heterocycles. The van der Waals surface area contributed by atoms with Gasteiger partial charge in [-0.2, -0.15) is 5.26 Å². The Morgan fingerprint density at radius 3 is 2.29 bits per heavy atom. The number of hydrogen-bond donors (Lipinski definition) is 1. The van der Waals surface area contributed by atoms with Crippen molar-refractivity contribution in [3.8, 4) is 11.5 Å². The lowest BCUT2D eigenvalue weighted by molar-refractivity contribution is -0.182. The first-order valence-corrected chi connectivity index (χ1v) is 4.99. The molecule has 0 radical (unpaired) electrons. The summed E-state index contributed by atoms with van der Waals surface area (Å²) in [7, 11) is 0. The zero-order valence-corrected chi connectivity index (χ0v) is 8.87. The van der Waals surface area contributed by atoms with Crippen molar-refractivity contribution in [2.45, 2.75) is 0 Å². The summed E-state index contributed by atoms with van der Waals surface area (Å²) in [4.78, 5) is 15.0. The quantitative estimate of drug-likeness (QED) is 0.650. The predicted octanol–water partition coefficient (Wildman–Crippen LogP) is 3.11. The standard InChI is InChI=1S/C13H10O4/c14-13(17-15)11-8-4-5-9-12(11)16-10-6-2-1-3-7-10/h1-9,15H. The first-order chi connectivity index (χ1) is 8.31. The zero-order valence-electron chi connectivity index (χ0n) is 8.87. The van der Waals surface area contributed by atoms with Crippen molar-refractivity contribution in [3.63, 3.8) is 0 Å². The molecular formula is C13H10O4. The van der Waals surface area contributed by atoms with Crippen LogP contribution in [0.4, 0.5) is 0 Å². The van der Waals surface area contributed by atoms with Crippen LogP contribution in [0.3, 0.4) is 0 Å². The molecule has 0 bridgehead atoms. The van der Waals surface area contributed by atoms with E-state index in [2.05, 4.69) is 4.89 Å². The molecule has 0 fully saturated rings. The minimum absolute atomic E-state index is 0.166. The Balaban J connectivity index is 2.30. The van der Waals surface area contributed by atoms with Gasteiger partial charge in [-0.1, -0.05) is 30.3 Å². The molecule has 2 rings (SSSR count). The molecule has 0 aliphatic heterocycles. The van der Waals surface area contributed by atoms with Gasteiger partial charge in [-0.25, -0.2) is 4.79 Å². The highest BCUT2D eigenvalue weighted by molar-refractivity contribution is 5.92. The normalized spacial score (nSPS) is 9.71. The van der Waals surface area contributed by atoms with Gasteiger partial charge >= 0.3 is 5.97 Å². The molecule has 0 heterocycles. The summed E-state index contributed by atoms with van der Waals surface area (Å²) in [6.45, 7) is 0. The Kier molecular flexibility index (Phi) is 3.37. The highest BCUT2D eigenvalue weighted by Gasteiger charge is 2.13. The van der Waals surface area contributed by atoms with E-state index in [0.29, 0.717) is 11.5 Å². The lowest BCUT2D eigenvalue weighted by Crippen LogP contribution is -2.03. The van der Waals surface area contributed by atoms with Gasteiger partial charge in [0.05, 0.1) is 0 Å². The minimum atomic E-state index is -0.850. The molecule has 86 valence electrons. The number of hydrogen-bond acceptors (Lipinski definition) is 4. The van der Waals surface area contributed by atoms with Gasteiger partial charge in [0.1, 0.15) is 17.1 Å². The van der Waals surface area contributed by atoms with Crippen LogP contribution < -0.4 is 4.74 Å². The zero-order chi connectivity index (χ0) is 12.1. The second kappa shape index (κ2) is 5.14. The van der Waals surface area contributed by atoms with Gasteiger partial charge in [0.25, 0.3) is 0 Å². The molecule has 1 N–H and O–H groups in total. The molecule has 0 saturated heterocycles. The molecule has 0 saturated carbocycles. The molecule has 0 spiro atoms. The van der Waals surface area contributed by atoms with Crippen LogP contribution >= 0.6 is 0 Å². The minimum Gasteiger partial charge on any atom is -0.456 e. The van der Waals surface area contributed by atoms with Crippen molar-refractivity contribution in [2.75, 3.05) is 0 Å². The summed E-state index contributed by atoms with van der Waals surface area (Å²) >= 11 is 0. The second-order valence-corrected chi connectivity index (χ2v) is 3.29. The fourth-order valence-electron chi connectivity index (χ4n) is 1.39. The number of para-hydroxylation sites is 2. The van der Waals surface area contributed by atoms with E-state index in [0.717, 1.165) is 0 Å². The Morgan fingerprint density at radius 1 is 0.941 bits per heavy atom. The topological polar surface area (TPSA) is 55.8 Å². The van der Waals surface area contributed by atoms with Crippen LogP contribution in [0, 0.1) is 0 Å². The highest BCUT2D eigenvalue weighted by Crippen LogP contribution is 2.25. The highest BCUT2D eigenvalue weighted by atomic mass is 17.1. The molecule has 2 aromatic carbocycles. The lowest BCUT2D eigenvalue weighted by Gasteiger charge is -2.08. The van der Waals surface area contributed by atoms with Gasteiger partial charge < -0.3 is 4.74 Å². The molecule has 4 heteroatoms. The number of carbonyl (C=O) groups excluding carboxylic acids is 1. The molecule has 17 heavy (non-hydrogen) atoms. The van der Waals surface area contributed by atoms with E-state index < -0.39 is 5.97 Å². The molecule has 0 unspecified atom stereocenters. The summed E-state index contributed by atoms with van der Waals surface area (Å²) < 4.78 is 5.52. The molecule has 0 aliphatic rings. The van der Waals surface area contributed by atoms with E-state index >= 15 is 0 Å². The Morgan fingerprint density at radius 2 is 1.59 bits per heavy atom. The summed E-state index contributed by atoms with van der Waals surface area (Å²) in [5, 5.41) is 8.37. The molecule has 0 aliphatic carbocycles. The predicted molar refractivity (Wildman–Crippen MR) is 61.0 cm³/mol. The molecule has 0 amide bonds. The maximum absolute atomic E-state index is 11.3. The van der Waals surface area contributed by atoms with Gasteiger partial charge in [0, 0.05) is 0 Å². The first-order valence-electron chi connectivity index (χ1n) is 4.99. The Hall–Kier alpha value is -2.33. The maximum atomic E-state index is 11.3. The third-order valence-corrected chi connectivity index (χ3v) is 2.16. The van der Waals surface area contributed by atoms with E-state index in [1.807, 2.05) is 18.2 Å². The van der Waals surface area contributed by atoms with Crippen molar-refractivity contribution >= 4 is 5.97 Å². The van der Waals surface area contributed by atoms with E-state index in [1.165, 1.54) is 6.07 Å². The van der Waals surface area contributed by atoms with Crippen LogP contribution in [0.2, 0.25) is 0 Å². The lowest BCUT2D eigenvalue weighted by atomic mass is 10.2. The van der Waals surface area contributed by atoms with Crippen molar-refractivity contribution in [2.24, 2.45) is 0 Å². The Bertz CT molecular complexity index is 508. The van der Waals surface area contributed by atoms with E-state index in [9.17, 15) is 4.79 Å². The van der Waals surface area contributed by atoms with Crippen LogP contribution in [0.5, 0.6) is 11.5 Å². The fourth-order valence-corrected chi connectivity index (χ4v) is 1.39. The molecule has 4 nitrogen and oxygen atoms in total. The number of rotatable bonds is 3. The third kappa shape index (κ3) is 2.62. The maximum Gasteiger partial charge on any atom is 0.376 e. The van der Waals surface area contributed by atoms with E-state index in [1.54, 1.807) is 30.3 Å². The Labute approximate surface area is 98.0 Å². The molecule has 2 aromatic rings. The average Bonchev–Trinajstić information content (AvgIpc) is 2.40. The van der Waals surface area contributed by atoms with Gasteiger partial charge in [-0.05, 0) is 24.3 Å². The largest absolute Gasteiger partial charge is 0.456 e. The van der Waals surface area contributed by atoms with Crippen molar-refractivity contribution in [1.82, 2.24) is 0 Å². The number of carbonyl (C=O) groups is 1. The number of ether oxygens (including phenoxy) is 1. The van der Waals surface area contributed by atoms with E-state index in [-0.39, 0.29) is 5.56 Å². The monoisotopic (exact) mass is 230 g/mol. The first kappa shape index (κ1) is 11.2. The summed E-state index contributed by atoms with van der Waals surface area (Å²) in [5.41, 5.74) is 0.166. The van der Waals surface area contributed by atoms with Crippen LogP contribution in [-0.4, -0.2) is 11.2 Å². The second-order valence-electron chi connectivity index (χ2n) is 3.29. The van der Waals surface area contributed by atoms with Crippen LogP contribution in [0.25, 0.3) is 0 Å². The fraction of sp³-hybridized carbons (Fsp3) is 0. The average molecular weight is 230 g/mol. The van der Waals surface area contributed by atoms with E-state index in [4.69, 9.17) is 9.99 Å². The van der Waals surface area contributed by atoms with Gasteiger partial charge in [0.2, 0.25) is 0 Å². The smallest absolute Gasteiger partial charge is 0.376 e. The van der Waals surface area contributed by atoms with Crippen LogP contribution in [0.15, 0.2) is 54.6 Å². The third-order valence-electron chi connectivity index (χ3n) is 2.16. The molecule has 0 atom stereocenters. The van der Waals surface area contributed by atoms with Crippen molar-refractivity contribution in [3.05, 3.63) is 60.2 Å².